The van der Waals surface area contributed by atoms with Crippen molar-refractivity contribution in [2.45, 2.75) is 19.6 Å². The van der Waals surface area contributed by atoms with Crippen LogP contribution in [0.5, 0.6) is 5.75 Å². The van der Waals surface area contributed by atoms with Gasteiger partial charge in [0.05, 0.1) is 6.61 Å². The first-order valence-electron chi connectivity index (χ1n) is 6.12. The molecule has 0 aromatic heterocycles. The summed E-state index contributed by atoms with van der Waals surface area (Å²) in [6.07, 6.45) is 0.0298. The van der Waals surface area contributed by atoms with Crippen molar-refractivity contribution in [2.75, 3.05) is 13.7 Å². The van der Waals surface area contributed by atoms with Gasteiger partial charge in [-0.3, -0.25) is 0 Å². The predicted molar refractivity (Wildman–Crippen MR) is 73.8 cm³/mol. The van der Waals surface area contributed by atoms with Gasteiger partial charge in [-0.05, 0) is 23.9 Å². The number of fused-ring (bicyclic) bond motifs is 1. The molecule has 0 spiro atoms. The van der Waals surface area contributed by atoms with E-state index in [0.717, 1.165) is 22.1 Å². The molecule has 96 valence electrons. The van der Waals surface area contributed by atoms with Crippen molar-refractivity contribution < 1.29 is 9.47 Å². The van der Waals surface area contributed by atoms with Crippen molar-refractivity contribution in [3.05, 3.63) is 42.0 Å². The van der Waals surface area contributed by atoms with E-state index in [1.807, 2.05) is 31.2 Å². The van der Waals surface area contributed by atoms with Crippen LogP contribution in [0.4, 0.5) is 0 Å². The lowest BCUT2D eigenvalue weighted by molar-refractivity contribution is 0.0931. The maximum atomic E-state index is 5.90. The van der Waals surface area contributed by atoms with Gasteiger partial charge in [-0.1, -0.05) is 30.3 Å². The Hall–Kier alpha value is -1.58. The zero-order chi connectivity index (χ0) is 13.0. The van der Waals surface area contributed by atoms with Gasteiger partial charge in [0, 0.05) is 19.0 Å². The van der Waals surface area contributed by atoms with Gasteiger partial charge in [0.2, 0.25) is 0 Å². The van der Waals surface area contributed by atoms with E-state index in [9.17, 15) is 0 Å². The Labute approximate surface area is 108 Å². The Morgan fingerprint density at radius 3 is 2.50 bits per heavy atom. The lowest BCUT2D eigenvalue weighted by Crippen LogP contribution is -2.18. The molecule has 3 nitrogen and oxygen atoms in total. The Morgan fingerprint density at radius 1 is 1.11 bits per heavy atom. The van der Waals surface area contributed by atoms with Crippen LogP contribution in [0.15, 0.2) is 36.4 Å². The topological polar surface area (TPSA) is 44.5 Å². The summed E-state index contributed by atoms with van der Waals surface area (Å²) in [4.78, 5) is 0. The molecule has 18 heavy (non-hydrogen) atoms. The SMILES string of the molecule is COCC(C)Oc1ccc(CN)c2ccccc12. The molecule has 0 aliphatic heterocycles. The molecule has 0 heterocycles. The summed E-state index contributed by atoms with van der Waals surface area (Å²) in [5, 5.41) is 2.26. The van der Waals surface area contributed by atoms with E-state index < -0.39 is 0 Å². The fourth-order valence-electron chi connectivity index (χ4n) is 2.10. The third-order valence-electron chi connectivity index (χ3n) is 2.92. The summed E-state index contributed by atoms with van der Waals surface area (Å²) in [6.45, 7) is 3.11. The van der Waals surface area contributed by atoms with E-state index in [4.69, 9.17) is 15.2 Å². The highest BCUT2D eigenvalue weighted by molar-refractivity contribution is 5.91. The van der Waals surface area contributed by atoms with E-state index in [2.05, 4.69) is 12.1 Å². The van der Waals surface area contributed by atoms with E-state index >= 15 is 0 Å². The smallest absolute Gasteiger partial charge is 0.127 e. The van der Waals surface area contributed by atoms with Crippen LogP contribution in [0.1, 0.15) is 12.5 Å². The lowest BCUT2D eigenvalue weighted by atomic mass is 10.0. The highest BCUT2D eigenvalue weighted by atomic mass is 16.5. The molecule has 1 unspecified atom stereocenters. The van der Waals surface area contributed by atoms with E-state index in [0.29, 0.717) is 13.2 Å². The first-order valence-corrected chi connectivity index (χ1v) is 6.12. The maximum absolute atomic E-state index is 5.90. The molecule has 2 rings (SSSR count). The monoisotopic (exact) mass is 245 g/mol. The fraction of sp³-hybridized carbons (Fsp3) is 0.333. The first kappa shape index (κ1) is 12.9. The van der Waals surface area contributed by atoms with Crippen LogP contribution in [0, 0.1) is 0 Å². The summed E-state index contributed by atoms with van der Waals surface area (Å²) in [7, 11) is 1.68. The Bertz CT molecular complexity index is 525. The molecule has 1 atom stereocenters. The Kier molecular flexibility index (Phi) is 4.18. The van der Waals surface area contributed by atoms with Crippen molar-refractivity contribution in [3.63, 3.8) is 0 Å². The second-order valence-corrected chi connectivity index (χ2v) is 4.36. The van der Waals surface area contributed by atoms with Gasteiger partial charge < -0.3 is 15.2 Å². The van der Waals surface area contributed by atoms with Gasteiger partial charge in [-0.25, -0.2) is 0 Å². The van der Waals surface area contributed by atoms with Crippen LogP contribution in [0.3, 0.4) is 0 Å². The number of benzene rings is 2. The molecular formula is C15H19NO2. The summed E-state index contributed by atoms with van der Waals surface area (Å²) in [5.41, 5.74) is 6.89. The molecule has 2 aromatic rings. The zero-order valence-electron chi connectivity index (χ0n) is 10.8. The molecular weight excluding hydrogens is 226 g/mol. The molecule has 0 aliphatic carbocycles. The van der Waals surface area contributed by atoms with E-state index in [-0.39, 0.29) is 6.10 Å². The Balaban J connectivity index is 2.40. The van der Waals surface area contributed by atoms with Gasteiger partial charge in [0.25, 0.3) is 0 Å². The molecule has 0 radical (unpaired) electrons. The van der Waals surface area contributed by atoms with Crippen LogP contribution < -0.4 is 10.5 Å². The largest absolute Gasteiger partial charge is 0.488 e. The second kappa shape index (κ2) is 5.85. The summed E-state index contributed by atoms with van der Waals surface area (Å²) in [5.74, 6) is 0.882. The minimum atomic E-state index is 0.0298. The number of methoxy groups -OCH3 is 1. The van der Waals surface area contributed by atoms with Gasteiger partial charge in [-0.15, -0.1) is 0 Å². The third-order valence-corrected chi connectivity index (χ3v) is 2.92. The molecule has 0 bridgehead atoms. The van der Waals surface area contributed by atoms with Crippen LogP contribution in [0.2, 0.25) is 0 Å². The minimum absolute atomic E-state index is 0.0298. The van der Waals surface area contributed by atoms with Crippen LogP contribution in [0.25, 0.3) is 10.8 Å². The predicted octanol–water partition coefficient (Wildman–Crippen LogP) is 2.71. The van der Waals surface area contributed by atoms with Crippen LogP contribution >= 0.6 is 0 Å². The molecule has 0 amide bonds. The lowest BCUT2D eigenvalue weighted by Gasteiger charge is -2.16. The van der Waals surface area contributed by atoms with Gasteiger partial charge >= 0.3 is 0 Å². The highest BCUT2D eigenvalue weighted by Crippen LogP contribution is 2.29. The molecule has 3 heteroatoms. The fourth-order valence-corrected chi connectivity index (χ4v) is 2.10. The quantitative estimate of drug-likeness (QED) is 0.881. The molecule has 2 N–H and O–H groups in total. The first-order chi connectivity index (χ1) is 8.76. The van der Waals surface area contributed by atoms with Crippen molar-refractivity contribution >= 4 is 10.8 Å². The van der Waals surface area contributed by atoms with Crippen LogP contribution in [-0.4, -0.2) is 19.8 Å². The molecule has 0 saturated heterocycles. The number of hydrogen-bond donors (Lipinski definition) is 1. The summed E-state index contributed by atoms with van der Waals surface area (Å²) in [6, 6.07) is 12.2. The summed E-state index contributed by atoms with van der Waals surface area (Å²) >= 11 is 0. The minimum Gasteiger partial charge on any atom is -0.488 e. The van der Waals surface area contributed by atoms with E-state index in [1.54, 1.807) is 7.11 Å². The molecule has 0 aliphatic rings. The standard InChI is InChI=1S/C15H19NO2/c1-11(10-17-2)18-15-8-7-12(9-16)13-5-3-4-6-14(13)15/h3-8,11H,9-10,16H2,1-2H3. The van der Waals surface area contributed by atoms with E-state index in [1.165, 1.54) is 0 Å². The number of hydrogen-bond acceptors (Lipinski definition) is 3. The maximum Gasteiger partial charge on any atom is 0.127 e. The highest BCUT2D eigenvalue weighted by Gasteiger charge is 2.09. The number of nitrogens with two attached hydrogens (primary N) is 1. The number of rotatable bonds is 5. The van der Waals surface area contributed by atoms with Crippen molar-refractivity contribution in [3.8, 4) is 5.75 Å². The normalized spacial score (nSPS) is 12.6. The molecule has 0 fully saturated rings. The average Bonchev–Trinajstić information content (AvgIpc) is 2.39. The Morgan fingerprint density at radius 2 is 1.83 bits per heavy atom. The van der Waals surface area contributed by atoms with Crippen molar-refractivity contribution in [1.82, 2.24) is 0 Å². The van der Waals surface area contributed by atoms with Crippen molar-refractivity contribution in [1.29, 1.82) is 0 Å². The van der Waals surface area contributed by atoms with Crippen LogP contribution in [-0.2, 0) is 11.3 Å². The van der Waals surface area contributed by atoms with Gasteiger partial charge in [-0.2, -0.15) is 0 Å². The third kappa shape index (κ3) is 2.63. The average molecular weight is 245 g/mol. The molecule has 2 aromatic carbocycles. The molecule has 0 saturated carbocycles. The second-order valence-electron chi connectivity index (χ2n) is 4.36. The van der Waals surface area contributed by atoms with Gasteiger partial charge in [0.15, 0.2) is 0 Å². The van der Waals surface area contributed by atoms with Crippen molar-refractivity contribution in [2.24, 2.45) is 5.73 Å². The number of ether oxygens (including phenoxy) is 2. The van der Waals surface area contributed by atoms with Gasteiger partial charge in [0.1, 0.15) is 11.9 Å². The zero-order valence-corrected chi connectivity index (χ0v) is 10.8. The summed E-state index contributed by atoms with van der Waals surface area (Å²) < 4.78 is 11.0.